The van der Waals surface area contributed by atoms with Crippen molar-refractivity contribution in [3.05, 3.63) is 51.4 Å². The smallest absolute Gasteiger partial charge is 0.255 e. The number of aliphatic hydroxyl groups excluding tert-OH is 1. The van der Waals surface area contributed by atoms with Crippen molar-refractivity contribution in [3.63, 3.8) is 0 Å². The minimum absolute atomic E-state index is 0.0936. The number of hydrazone groups is 1. The number of aromatic nitrogens is 2. The Hall–Kier alpha value is -2.67. The van der Waals surface area contributed by atoms with Gasteiger partial charge in [0.2, 0.25) is 5.95 Å². The number of ether oxygens (including phenoxy) is 1. The van der Waals surface area contributed by atoms with Gasteiger partial charge in [0.15, 0.2) is 0 Å². The number of nitrogens with zero attached hydrogens (tertiary/aromatic N) is 2. The predicted molar refractivity (Wildman–Crippen MR) is 98.4 cm³/mol. The first kappa shape index (κ1) is 18.7. The van der Waals surface area contributed by atoms with E-state index in [2.05, 4.69) is 34.3 Å². The van der Waals surface area contributed by atoms with Crippen molar-refractivity contribution in [2.45, 2.75) is 27.2 Å². The average molecular weight is 344 g/mol. The summed E-state index contributed by atoms with van der Waals surface area (Å²) in [6.07, 6.45) is 1.89. The van der Waals surface area contributed by atoms with Gasteiger partial charge in [-0.2, -0.15) is 5.10 Å². The molecule has 2 rings (SSSR count). The van der Waals surface area contributed by atoms with Crippen molar-refractivity contribution in [2.75, 3.05) is 18.6 Å². The van der Waals surface area contributed by atoms with Gasteiger partial charge in [-0.1, -0.05) is 26.0 Å². The molecule has 25 heavy (non-hydrogen) atoms. The third-order valence-electron chi connectivity index (χ3n) is 3.45. The van der Waals surface area contributed by atoms with Crippen molar-refractivity contribution < 1.29 is 9.84 Å². The van der Waals surface area contributed by atoms with Gasteiger partial charge in [0.05, 0.1) is 18.5 Å². The lowest BCUT2D eigenvalue weighted by Gasteiger charge is -2.10. The highest BCUT2D eigenvalue weighted by Gasteiger charge is 2.07. The summed E-state index contributed by atoms with van der Waals surface area (Å²) in [7, 11) is 0. The molecule has 1 aromatic carbocycles. The van der Waals surface area contributed by atoms with E-state index in [1.807, 2.05) is 24.3 Å². The number of aliphatic hydroxyl groups is 1. The minimum atomic E-state index is -0.278. The Morgan fingerprint density at radius 3 is 2.84 bits per heavy atom. The maximum atomic E-state index is 12.0. The van der Waals surface area contributed by atoms with E-state index in [-0.39, 0.29) is 24.5 Å². The van der Waals surface area contributed by atoms with Gasteiger partial charge < -0.3 is 9.84 Å². The molecule has 134 valence electrons. The molecule has 0 amide bonds. The molecule has 0 aliphatic rings. The zero-order valence-corrected chi connectivity index (χ0v) is 14.7. The van der Waals surface area contributed by atoms with Gasteiger partial charge >= 0.3 is 0 Å². The van der Waals surface area contributed by atoms with Crippen LogP contribution in [0.3, 0.4) is 0 Å². The van der Waals surface area contributed by atoms with Gasteiger partial charge in [0.1, 0.15) is 5.75 Å². The van der Waals surface area contributed by atoms with Crippen molar-refractivity contribution >= 4 is 12.2 Å². The first-order valence-electron chi connectivity index (χ1n) is 8.22. The number of benzene rings is 1. The van der Waals surface area contributed by atoms with Crippen molar-refractivity contribution in [2.24, 2.45) is 11.0 Å². The topological polar surface area (TPSA) is 99.6 Å². The molecule has 0 atom stereocenters. The maximum Gasteiger partial charge on any atom is 0.255 e. The van der Waals surface area contributed by atoms with Crippen molar-refractivity contribution in [1.82, 2.24) is 9.97 Å². The van der Waals surface area contributed by atoms with Gasteiger partial charge in [-0.25, -0.2) is 10.4 Å². The van der Waals surface area contributed by atoms with E-state index < -0.39 is 0 Å². The summed E-state index contributed by atoms with van der Waals surface area (Å²) in [5, 5.41) is 13.1. The number of anilines is 1. The average Bonchev–Trinajstić information content (AvgIpc) is 2.57. The number of hydrogen-bond donors (Lipinski definition) is 3. The normalized spacial score (nSPS) is 11.2. The highest BCUT2D eigenvalue weighted by Crippen LogP contribution is 2.16. The van der Waals surface area contributed by atoms with Crippen LogP contribution < -0.4 is 15.7 Å². The molecule has 0 spiro atoms. The molecule has 0 aliphatic heterocycles. The van der Waals surface area contributed by atoms with Crippen LogP contribution in [0.5, 0.6) is 5.75 Å². The van der Waals surface area contributed by atoms with Gasteiger partial charge in [-0.15, -0.1) is 0 Å². The van der Waals surface area contributed by atoms with Crippen LogP contribution in [0.2, 0.25) is 0 Å². The summed E-state index contributed by atoms with van der Waals surface area (Å²) in [6.45, 7) is 6.43. The van der Waals surface area contributed by atoms with Crippen LogP contribution in [0.15, 0.2) is 34.2 Å². The molecule has 0 fully saturated rings. The number of nitrogens with one attached hydrogen (secondary N) is 2. The Morgan fingerprint density at radius 1 is 1.40 bits per heavy atom. The second kappa shape index (κ2) is 8.98. The summed E-state index contributed by atoms with van der Waals surface area (Å²) >= 11 is 0. The quantitative estimate of drug-likeness (QED) is 0.503. The lowest BCUT2D eigenvalue weighted by atomic mass is 10.2. The molecular formula is C18H24N4O3. The number of aryl methyl sites for hydroxylation is 1. The van der Waals surface area contributed by atoms with Gasteiger partial charge in [-0.3, -0.25) is 9.78 Å². The minimum Gasteiger partial charge on any atom is -0.493 e. The number of aromatic amines is 1. The fraction of sp³-hybridized carbons (Fsp3) is 0.389. The van der Waals surface area contributed by atoms with Gasteiger partial charge in [0.25, 0.3) is 5.56 Å². The predicted octanol–water partition coefficient (Wildman–Crippen LogP) is 2.09. The zero-order valence-electron chi connectivity index (χ0n) is 14.7. The SMILES string of the molecule is Cc1nc(N/N=C\c2ccccc2OCC(C)C)[nH]c(=O)c1CCO. The second-order valence-corrected chi connectivity index (χ2v) is 6.06. The van der Waals surface area contributed by atoms with E-state index in [4.69, 9.17) is 9.84 Å². The highest BCUT2D eigenvalue weighted by molar-refractivity contribution is 5.83. The van der Waals surface area contributed by atoms with E-state index in [1.165, 1.54) is 0 Å². The lowest BCUT2D eigenvalue weighted by Crippen LogP contribution is -2.19. The second-order valence-electron chi connectivity index (χ2n) is 6.06. The fourth-order valence-corrected chi connectivity index (χ4v) is 2.21. The summed E-state index contributed by atoms with van der Waals surface area (Å²) in [6, 6.07) is 7.59. The highest BCUT2D eigenvalue weighted by atomic mass is 16.5. The van der Waals surface area contributed by atoms with Gasteiger partial charge in [-0.05, 0) is 25.0 Å². The van der Waals surface area contributed by atoms with Crippen molar-refractivity contribution in [3.8, 4) is 5.75 Å². The molecule has 0 saturated carbocycles. The zero-order chi connectivity index (χ0) is 18.2. The largest absolute Gasteiger partial charge is 0.493 e. The van der Waals surface area contributed by atoms with E-state index in [0.717, 1.165) is 11.3 Å². The van der Waals surface area contributed by atoms with Crippen LogP contribution in [0, 0.1) is 12.8 Å². The first-order chi connectivity index (χ1) is 12.0. The third kappa shape index (κ3) is 5.42. The maximum absolute atomic E-state index is 12.0. The molecule has 0 unspecified atom stereocenters. The summed E-state index contributed by atoms with van der Waals surface area (Å²) in [5.41, 5.74) is 4.31. The van der Waals surface area contributed by atoms with Crippen molar-refractivity contribution in [1.29, 1.82) is 0 Å². The van der Waals surface area contributed by atoms with E-state index in [1.54, 1.807) is 13.1 Å². The Bertz CT molecular complexity index is 784. The van der Waals surface area contributed by atoms with Crippen LogP contribution in [0.4, 0.5) is 5.95 Å². The molecule has 0 aliphatic carbocycles. The number of rotatable bonds is 8. The molecule has 2 aromatic rings. The number of H-pyrrole nitrogens is 1. The number of hydrogen-bond acceptors (Lipinski definition) is 6. The molecule has 1 heterocycles. The van der Waals surface area contributed by atoms with E-state index >= 15 is 0 Å². The molecular weight excluding hydrogens is 320 g/mol. The Balaban J connectivity index is 2.10. The molecule has 0 bridgehead atoms. The monoisotopic (exact) mass is 344 g/mol. The van der Waals surface area contributed by atoms with Crippen LogP contribution in [-0.4, -0.2) is 34.5 Å². The van der Waals surface area contributed by atoms with E-state index in [0.29, 0.717) is 23.8 Å². The van der Waals surface area contributed by atoms with E-state index in [9.17, 15) is 4.79 Å². The molecule has 0 radical (unpaired) electrons. The summed E-state index contributed by atoms with van der Waals surface area (Å²) in [4.78, 5) is 18.8. The first-order valence-corrected chi connectivity index (χ1v) is 8.22. The molecule has 1 aromatic heterocycles. The summed E-state index contributed by atoms with van der Waals surface area (Å²) in [5.74, 6) is 1.43. The standard InChI is InChI=1S/C18H24N4O3/c1-12(2)11-25-16-7-5-4-6-14(16)10-19-22-18-20-13(3)15(8-9-23)17(24)21-18/h4-7,10,12,23H,8-9,11H2,1-3H3,(H2,20,21,22,24)/b19-10-. The Labute approximate surface area is 146 Å². The third-order valence-corrected chi connectivity index (χ3v) is 3.45. The van der Waals surface area contributed by atoms with Gasteiger partial charge in [0, 0.05) is 24.2 Å². The molecule has 7 heteroatoms. The lowest BCUT2D eigenvalue weighted by molar-refractivity contribution is 0.271. The molecule has 0 saturated heterocycles. The Morgan fingerprint density at radius 2 is 2.16 bits per heavy atom. The van der Waals surface area contributed by atoms with Crippen LogP contribution in [0.1, 0.15) is 30.7 Å². The summed E-state index contributed by atoms with van der Waals surface area (Å²) < 4.78 is 5.77. The van der Waals surface area contributed by atoms with Crippen LogP contribution in [-0.2, 0) is 6.42 Å². The van der Waals surface area contributed by atoms with Crippen LogP contribution in [0.25, 0.3) is 0 Å². The number of para-hydroxylation sites is 1. The fourth-order valence-electron chi connectivity index (χ4n) is 2.21. The molecule has 7 nitrogen and oxygen atoms in total. The van der Waals surface area contributed by atoms with Crippen LogP contribution >= 0.6 is 0 Å². The Kier molecular flexibility index (Phi) is 6.71. The molecule has 3 N–H and O–H groups in total.